The second kappa shape index (κ2) is 7.90. The van der Waals surface area contributed by atoms with Crippen molar-refractivity contribution < 1.29 is 5.11 Å². The molecule has 4 aromatic rings. The summed E-state index contributed by atoms with van der Waals surface area (Å²) < 4.78 is 0. The topological polar surface area (TPSA) is 23.5 Å². The van der Waals surface area contributed by atoms with E-state index in [0.717, 1.165) is 22.6 Å². The summed E-state index contributed by atoms with van der Waals surface area (Å²) in [6.07, 6.45) is 0. The molecule has 0 bridgehead atoms. The van der Waals surface area contributed by atoms with E-state index in [1.54, 1.807) is 0 Å². The van der Waals surface area contributed by atoms with Gasteiger partial charge in [0.05, 0.1) is 6.61 Å². The summed E-state index contributed by atoms with van der Waals surface area (Å²) in [7, 11) is 0. The van der Waals surface area contributed by atoms with E-state index < -0.39 is 0 Å². The van der Waals surface area contributed by atoms with Crippen molar-refractivity contribution in [3.05, 3.63) is 115 Å². The summed E-state index contributed by atoms with van der Waals surface area (Å²) in [5.74, 6) is 0. The molecule has 2 nitrogen and oxygen atoms in total. The molecule has 132 valence electrons. The monoisotopic (exact) mass is 351 g/mol. The van der Waals surface area contributed by atoms with E-state index >= 15 is 0 Å². The predicted octanol–water partition coefficient (Wildman–Crippen LogP) is 6.32. The van der Waals surface area contributed by atoms with Crippen LogP contribution < -0.4 is 4.90 Å². The van der Waals surface area contributed by atoms with E-state index in [0.29, 0.717) is 0 Å². The first kappa shape index (κ1) is 17.1. The van der Waals surface area contributed by atoms with Crippen LogP contribution in [0.15, 0.2) is 109 Å². The Labute approximate surface area is 160 Å². The molecule has 0 aliphatic carbocycles. The lowest BCUT2D eigenvalue weighted by molar-refractivity contribution is 0.282. The van der Waals surface area contributed by atoms with Gasteiger partial charge in [-0.05, 0) is 53.1 Å². The lowest BCUT2D eigenvalue weighted by Gasteiger charge is -2.25. The number of hydrogen-bond acceptors (Lipinski definition) is 2. The fourth-order valence-electron chi connectivity index (χ4n) is 3.21. The van der Waals surface area contributed by atoms with Crippen LogP contribution in [-0.4, -0.2) is 5.11 Å². The fourth-order valence-corrected chi connectivity index (χ4v) is 3.21. The van der Waals surface area contributed by atoms with Gasteiger partial charge >= 0.3 is 0 Å². The number of rotatable bonds is 5. The average molecular weight is 351 g/mol. The third-order valence-electron chi connectivity index (χ3n) is 4.62. The minimum Gasteiger partial charge on any atom is -0.392 e. The Hall–Kier alpha value is -3.36. The molecular formula is C25H21NO. The normalized spacial score (nSPS) is 10.6. The van der Waals surface area contributed by atoms with Gasteiger partial charge in [-0.2, -0.15) is 0 Å². The SMILES string of the molecule is OCc1ccc(N(c2ccccc2)c2ccc(-c3ccccc3)cc2)cc1. The van der Waals surface area contributed by atoms with Crippen molar-refractivity contribution in [3.63, 3.8) is 0 Å². The molecule has 0 aliphatic rings. The lowest BCUT2D eigenvalue weighted by Crippen LogP contribution is -2.09. The number of hydrogen-bond donors (Lipinski definition) is 1. The van der Waals surface area contributed by atoms with Crippen molar-refractivity contribution in [2.75, 3.05) is 4.90 Å². The van der Waals surface area contributed by atoms with Crippen LogP contribution in [0, 0.1) is 0 Å². The fraction of sp³-hybridized carbons (Fsp3) is 0.0400. The van der Waals surface area contributed by atoms with Gasteiger partial charge in [-0.25, -0.2) is 0 Å². The van der Waals surface area contributed by atoms with E-state index in [9.17, 15) is 5.11 Å². The Kier molecular flexibility index (Phi) is 4.99. The molecule has 0 atom stereocenters. The summed E-state index contributed by atoms with van der Waals surface area (Å²) >= 11 is 0. The van der Waals surface area contributed by atoms with Crippen LogP contribution in [0.3, 0.4) is 0 Å². The number of nitrogens with zero attached hydrogens (tertiary/aromatic N) is 1. The first-order valence-corrected chi connectivity index (χ1v) is 9.05. The molecule has 0 saturated carbocycles. The molecular weight excluding hydrogens is 330 g/mol. The molecule has 1 N–H and O–H groups in total. The van der Waals surface area contributed by atoms with Crippen LogP contribution in [0.5, 0.6) is 0 Å². The largest absolute Gasteiger partial charge is 0.392 e. The van der Waals surface area contributed by atoms with Crippen LogP contribution in [0.25, 0.3) is 11.1 Å². The second-order valence-corrected chi connectivity index (χ2v) is 6.41. The average Bonchev–Trinajstić information content (AvgIpc) is 2.76. The van der Waals surface area contributed by atoms with Gasteiger partial charge in [0, 0.05) is 17.1 Å². The van der Waals surface area contributed by atoms with E-state index in [1.807, 2.05) is 48.5 Å². The second-order valence-electron chi connectivity index (χ2n) is 6.41. The highest BCUT2D eigenvalue weighted by Gasteiger charge is 2.12. The minimum absolute atomic E-state index is 0.0530. The molecule has 4 rings (SSSR count). The molecule has 27 heavy (non-hydrogen) atoms. The summed E-state index contributed by atoms with van der Waals surface area (Å²) in [5.41, 5.74) is 6.57. The molecule has 0 saturated heterocycles. The summed E-state index contributed by atoms with van der Waals surface area (Å²) in [5, 5.41) is 9.33. The smallest absolute Gasteiger partial charge is 0.0681 e. The molecule has 0 unspecified atom stereocenters. The molecule has 0 aromatic heterocycles. The number of aliphatic hydroxyl groups excluding tert-OH is 1. The number of para-hydroxylation sites is 1. The molecule has 0 aliphatic heterocycles. The quantitative estimate of drug-likeness (QED) is 0.455. The minimum atomic E-state index is 0.0530. The number of benzene rings is 4. The highest BCUT2D eigenvalue weighted by Crippen LogP contribution is 2.35. The Morgan fingerprint density at radius 1 is 0.481 bits per heavy atom. The van der Waals surface area contributed by atoms with Gasteiger partial charge in [0.2, 0.25) is 0 Å². The Balaban J connectivity index is 1.74. The maximum absolute atomic E-state index is 9.33. The summed E-state index contributed by atoms with van der Waals surface area (Å²) in [4.78, 5) is 2.22. The highest BCUT2D eigenvalue weighted by molar-refractivity contribution is 5.78. The molecule has 0 heterocycles. The zero-order valence-corrected chi connectivity index (χ0v) is 15.0. The van der Waals surface area contributed by atoms with Crippen molar-refractivity contribution in [1.29, 1.82) is 0 Å². The lowest BCUT2D eigenvalue weighted by atomic mass is 10.0. The molecule has 0 fully saturated rings. The van der Waals surface area contributed by atoms with Gasteiger partial charge in [-0.15, -0.1) is 0 Å². The highest BCUT2D eigenvalue weighted by atomic mass is 16.3. The van der Waals surface area contributed by atoms with E-state index in [2.05, 4.69) is 65.6 Å². The molecule has 0 spiro atoms. The van der Waals surface area contributed by atoms with Crippen molar-refractivity contribution in [3.8, 4) is 11.1 Å². The van der Waals surface area contributed by atoms with Crippen LogP contribution in [-0.2, 0) is 6.61 Å². The van der Waals surface area contributed by atoms with Crippen molar-refractivity contribution in [2.45, 2.75) is 6.61 Å². The Bertz CT molecular complexity index is 978. The Morgan fingerprint density at radius 3 is 1.48 bits per heavy atom. The molecule has 4 aromatic carbocycles. The van der Waals surface area contributed by atoms with Crippen molar-refractivity contribution in [1.82, 2.24) is 0 Å². The maximum atomic E-state index is 9.33. The van der Waals surface area contributed by atoms with Crippen LogP contribution in [0.2, 0.25) is 0 Å². The number of anilines is 3. The van der Waals surface area contributed by atoms with Gasteiger partial charge in [0.1, 0.15) is 0 Å². The first-order chi connectivity index (χ1) is 13.3. The van der Waals surface area contributed by atoms with Gasteiger partial charge in [-0.3, -0.25) is 0 Å². The van der Waals surface area contributed by atoms with Gasteiger partial charge < -0.3 is 10.0 Å². The van der Waals surface area contributed by atoms with Crippen molar-refractivity contribution >= 4 is 17.1 Å². The first-order valence-electron chi connectivity index (χ1n) is 9.05. The predicted molar refractivity (Wildman–Crippen MR) is 112 cm³/mol. The van der Waals surface area contributed by atoms with E-state index in [4.69, 9.17) is 0 Å². The van der Waals surface area contributed by atoms with E-state index in [-0.39, 0.29) is 6.61 Å². The van der Waals surface area contributed by atoms with E-state index in [1.165, 1.54) is 11.1 Å². The van der Waals surface area contributed by atoms with Gasteiger partial charge in [0.15, 0.2) is 0 Å². The third kappa shape index (κ3) is 3.76. The zero-order valence-electron chi connectivity index (χ0n) is 15.0. The number of aliphatic hydroxyl groups is 1. The van der Waals surface area contributed by atoms with Crippen LogP contribution in [0.1, 0.15) is 5.56 Å². The molecule has 0 radical (unpaired) electrons. The summed E-state index contributed by atoms with van der Waals surface area (Å²) in [6.45, 7) is 0.0530. The summed E-state index contributed by atoms with van der Waals surface area (Å²) in [6, 6.07) is 37.3. The van der Waals surface area contributed by atoms with Crippen LogP contribution in [0.4, 0.5) is 17.1 Å². The zero-order chi connectivity index (χ0) is 18.5. The van der Waals surface area contributed by atoms with Gasteiger partial charge in [0.25, 0.3) is 0 Å². The molecule has 2 heteroatoms. The standard InChI is InChI=1S/C25H21NO/c27-19-20-11-15-24(16-12-20)26(23-9-5-2-6-10-23)25-17-13-22(14-18-25)21-7-3-1-4-8-21/h1-18,27H,19H2. The van der Waals surface area contributed by atoms with Crippen LogP contribution >= 0.6 is 0 Å². The van der Waals surface area contributed by atoms with Gasteiger partial charge in [-0.1, -0.05) is 72.8 Å². The molecule has 0 amide bonds. The van der Waals surface area contributed by atoms with Crippen molar-refractivity contribution in [2.24, 2.45) is 0 Å². The Morgan fingerprint density at radius 2 is 0.926 bits per heavy atom. The third-order valence-corrected chi connectivity index (χ3v) is 4.62. The maximum Gasteiger partial charge on any atom is 0.0681 e.